The molecule has 3 aliphatic heterocycles. The number of hydrogen-bond donors (Lipinski definition) is 1. The van der Waals surface area contributed by atoms with Gasteiger partial charge in [-0.1, -0.05) is 0 Å². The monoisotopic (exact) mass is 344 g/mol. The van der Waals surface area contributed by atoms with Crippen molar-refractivity contribution in [2.45, 2.75) is 71.1 Å². The van der Waals surface area contributed by atoms with Gasteiger partial charge >= 0.3 is 0 Å². The fraction of sp³-hybridized carbons (Fsp3) is 0.789. The Balaban J connectivity index is 1.41. The van der Waals surface area contributed by atoms with E-state index in [1.165, 1.54) is 32.1 Å². The van der Waals surface area contributed by atoms with Gasteiger partial charge in [-0.25, -0.2) is 0 Å². The van der Waals surface area contributed by atoms with Crippen LogP contribution in [0.4, 0.5) is 0 Å². The summed E-state index contributed by atoms with van der Waals surface area (Å²) in [6, 6.07) is 0. The Morgan fingerprint density at radius 2 is 2.00 bits per heavy atom. The maximum Gasteiger partial charge on any atom is 0.272 e. The predicted molar refractivity (Wildman–Crippen MR) is 94.3 cm³/mol. The number of carbonyl (C=O) groups is 1. The molecular weight excluding hydrogens is 316 g/mol. The molecule has 25 heavy (non-hydrogen) atoms. The van der Waals surface area contributed by atoms with Gasteiger partial charge in [0.05, 0.1) is 12.6 Å². The number of amides is 1. The molecular formula is C19H28N4O2. The van der Waals surface area contributed by atoms with Crippen molar-refractivity contribution < 1.29 is 9.53 Å². The second-order valence-electron chi connectivity index (χ2n) is 8.38. The van der Waals surface area contributed by atoms with Gasteiger partial charge in [0.25, 0.3) is 5.91 Å². The Morgan fingerprint density at radius 1 is 1.20 bits per heavy atom. The van der Waals surface area contributed by atoms with Crippen LogP contribution < -0.4 is 5.43 Å². The van der Waals surface area contributed by atoms with E-state index < -0.39 is 0 Å². The first-order valence-electron chi connectivity index (χ1n) is 9.85. The van der Waals surface area contributed by atoms with Crippen molar-refractivity contribution in [2.75, 3.05) is 13.2 Å². The second-order valence-corrected chi connectivity index (χ2v) is 8.38. The summed E-state index contributed by atoms with van der Waals surface area (Å²) >= 11 is 0. The van der Waals surface area contributed by atoms with Gasteiger partial charge < -0.3 is 9.64 Å². The zero-order valence-corrected chi connectivity index (χ0v) is 15.3. The van der Waals surface area contributed by atoms with Gasteiger partial charge in [0, 0.05) is 23.4 Å². The average Bonchev–Trinajstić information content (AvgIpc) is 3.54. The SMILES string of the molecule is CC1=C(C)N2C(C3(C4CC4)CC3)=NNC2C(=O)N1C[C@@H]1CCCCO1. The average molecular weight is 344 g/mol. The van der Waals surface area contributed by atoms with Crippen LogP contribution >= 0.6 is 0 Å². The van der Waals surface area contributed by atoms with Crippen molar-refractivity contribution in [2.24, 2.45) is 16.4 Å². The molecule has 0 aromatic carbocycles. The Bertz CT molecular complexity index is 656. The minimum absolute atomic E-state index is 0.114. The van der Waals surface area contributed by atoms with Gasteiger partial charge in [-0.05, 0) is 64.7 Å². The quantitative estimate of drug-likeness (QED) is 0.851. The van der Waals surface area contributed by atoms with E-state index in [-0.39, 0.29) is 23.6 Å². The molecule has 3 fully saturated rings. The predicted octanol–water partition coefficient (Wildman–Crippen LogP) is 2.38. The van der Waals surface area contributed by atoms with Gasteiger partial charge in [0.2, 0.25) is 6.17 Å². The van der Waals surface area contributed by atoms with E-state index in [4.69, 9.17) is 4.74 Å². The summed E-state index contributed by atoms with van der Waals surface area (Å²) in [6.07, 6.45) is 8.26. The number of fused-ring (bicyclic) bond motifs is 1. The maximum atomic E-state index is 13.2. The number of nitrogens with zero attached hydrogens (tertiary/aromatic N) is 3. The van der Waals surface area contributed by atoms with Crippen molar-refractivity contribution in [3.63, 3.8) is 0 Å². The summed E-state index contributed by atoms with van der Waals surface area (Å²) in [4.78, 5) is 17.3. The van der Waals surface area contributed by atoms with Crippen molar-refractivity contribution in [1.82, 2.24) is 15.2 Å². The van der Waals surface area contributed by atoms with Crippen LogP contribution in [-0.4, -0.2) is 47.0 Å². The molecule has 0 radical (unpaired) electrons. The number of rotatable bonds is 4. The van der Waals surface area contributed by atoms with Crippen LogP contribution in [0.25, 0.3) is 0 Å². The van der Waals surface area contributed by atoms with Crippen LogP contribution in [0.3, 0.4) is 0 Å². The third-order valence-electron chi connectivity index (χ3n) is 6.82. The van der Waals surface area contributed by atoms with Crippen LogP contribution in [0.5, 0.6) is 0 Å². The molecule has 0 aromatic heterocycles. The molecule has 5 aliphatic rings. The van der Waals surface area contributed by atoms with Gasteiger partial charge in [0.15, 0.2) is 0 Å². The van der Waals surface area contributed by atoms with Crippen molar-refractivity contribution in [3.05, 3.63) is 11.4 Å². The summed E-state index contributed by atoms with van der Waals surface area (Å²) in [5.74, 6) is 2.02. The Kier molecular flexibility index (Phi) is 3.43. The van der Waals surface area contributed by atoms with E-state index in [1.54, 1.807) is 0 Å². The summed E-state index contributed by atoms with van der Waals surface area (Å²) in [5, 5.41) is 4.67. The van der Waals surface area contributed by atoms with Crippen LogP contribution in [0.15, 0.2) is 16.5 Å². The lowest BCUT2D eigenvalue weighted by atomic mass is 9.96. The molecule has 3 heterocycles. The number of amidine groups is 1. The number of ether oxygens (including phenoxy) is 1. The molecule has 2 saturated carbocycles. The fourth-order valence-electron chi connectivity index (χ4n) is 4.88. The molecule has 0 bridgehead atoms. The molecule has 0 aromatic rings. The van der Waals surface area contributed by atoms with Crippen LogP contribution in [-0.2, 0) is 9.53 Å². The summed E-state index contributed by atoms with van der Waals surface area (Å²) in [7, 11) is 0. The highest BCUT2D eigenvalue weighted by molar-refractivity contribution is 5.99. The van der Waals surface area contributed by atoms with Crippen LogP contribution in [0.2, 0.25) is 0 Å². The topological polar surface area (TPSA) is 57.2 Å². The van der Waals surface area contributed by atoms with Crippen molar-refractivity contribution >= 4 is 11.7 Å². The number of hydrogen-bond acceptors (Lipinski definition) is 5. The highest BCUT2D eigenvalue weighted by atomic mass is 16.5. The molecule has 2 aliphatic carbocycles. The van der Waals surface area contributed by atoms with Gasteiger partial charge in [0.1, 0.15) is 5.84 Å². The molecule has 1 N–H and O–H groups in total. The molecule has 5 rings (SSSR count). The summed E-state index contributed by atoms with van der Waals surface area (Å²) in [6.45, 7) is 5.68. The molecule has 1 amide bonds. The maximum absolute atomic E-state index is 13.2. The molecule has 6 nitrogen and oxygen atoms in total. The van der Waals surface area contributed by atoms with E-state index in [0.717, 1.165) is 42.6 Å². The number of allylic oxidation sites excluding steroid dienone is 2. The lowest BCUT2D eigenvalue weighted by Gasteiger charge is -2.41. The van der Waals surface area contributed by atoms with E-state index in [9.17, 15) is 4.79 Å². The summed E-state index contributed by atoms with van der Waals surface area (Å²) in [5.41, 5.74) is 5.62. The minimum atomic E-state index is -0.362. The molecule has 6 heteroatoms. The lowest BCUT2D eigenvalue weighted by molar-refractivity contribution is -0.137. The minimum Gasteiger partial charge on any atom is -0.376 e. The van der Waals surface area contributed by atoms with E-state index in [1.807, 2.05) is 4.90 Å². The van der Waals surface area contributed by atoms with Crippen LogP contribution in [0.1, 0.15) is 58.8 Å². The number of hydrazone groups is 1. The molecule has 136 valence electrons. The molecule has 2 atom stereocenters. The van der Waals surface area contributed by atoms with E-state index >= 15 is 0 Å². The third-order valence-corrected chi connectivity index (χ3v) is 6.82. The largest absolute Gasteiger partial charge is 0.376 e. The van der Waals surface area contributed by atoms with Crippen LogP contribution in [0, 0.1) is 11.3 Å². The first-order chi connectivity index (χ1) is 12.1. The Hall–Kier alpha value is -1.56. The van der Waals surface area contributed by atoms with E-state index in [2.05, 4.69) is 29.3 Å². The molecule has 0 spiro atoms. The fourth-order valence-corrected chi connectivity index (χ4v) is 4.88. The zero-order chi connectivity index (χ0) is 17.2. The zero-order valence-electron chi connectivity index (χ0n) is 15.3. The second kappa shape index (κ2) is 5.47. The number of carbonyl (C=O) groups excluding carboxylic acids is 1. The van der Waals surface area contributed by atoms with Gasteiger partial charge in [-0.3, -0.25) is 15.1 Å². The van der Waals surface area contributed by atoms with E-state index in [0.29, 0.717) is 6.54 Å². The highest BCUT2D eigenvalue weighted by Crippen LogP contribution is 2.63. The first-order valence-corrected chi connectivity index (χ1v) is 9.85. The molecule has 1 saturated heterocycles. The standard InChI is InChI=1S/C19H28N4O2/c1-12-13(2)23-16(17(24)22(12)11-15-5-3-4-10-25-15)20-21-18(23)19(8-9-19)14-6-7-14/h14-16,20H,3-11H2,1-2H3/t15-,16?/m0/s1. The van der Waals surface area contributed by atoms with Gasteiger partial charge in [-0.2, -0.15) is 5.10 Å². The lowest BCUT2D eigenvalue weighted by Crippen LogP contribution is -2.58. The highest BCUT2D eigenvalue weighted by Gasteiger charge is 2.62. The summed E-state index contributed by atoms with van der Waals surface area (Å²) < 4.78 is 5.87. The Labute approximate surface area is 149 Å². The van der Waals surface area contributed by atoms with Crippen molar-refractivity contribution in [1.29, 1.82) is 0 Å². The number of nitrogens with one attached hydrogen (secondary N) is 1. The molecule has 1 unspecified atom stereocenters. The van der Waals surface area contributed by atoms with Gasteiger partial charge in [-0.15, -0.1) is 0 Å². The van der Waals surface area contributed by atoms with Crippen molar-refractivity contribution in [3.8, 4) is 0 Å². The Morgan fingerprint density at radius 3 is 2.64 bits per heavy atom. The first kappa shape index (κ1) is 15.7. The smallest absolute Gasteiger partial charge is 0.272 e. The normalized spacial score (nSPS) is 34.0. The third kappa shape index (κ3) is 2.33.